The number of fused-ring (bicyclic) bond motifs is 5. The minimum absolute atomic E-state index is 0.140. The van der Waals surface area contributed by atoms with Crippen LogP contribution in [-0.4, -0.2) is 64.9 Å². The fraction of sp³-hybridized carbons (Fsp3) is 0.588. The van der Waals surface area contributed by atoms with Gasteiger partial charge in [0.05, 0.1) is 23.5 Å². The maximum atomic E-state index is 14.9. The first-order chi connectivity index (χ1) is 20.5. The summed E-state index contributed by atoms with van der Waals surface area (Å²) in [5.41, 5.74) is 5.07. The summed E-state index contributed by atoms with van der Waals surface area (Å²) in [5.74, 6) is 0.258. The summed E-state index contributed by atoms with van der Waals surface area (Å²) in [6.45, 7) is 5.40. The number of aryl methyl sites for hydroxylation is 1. The Morgan fingerprint density at radius 2 is 1.95 bits per heavy atom. The van der Waals surface area contributed by atoms with Crippen LogP contribution < -0.4 is 15.0 Å². The van der Waals surface area contributed by atoms with E-state index in [0.717, 1.165) is 72.9 Å². The van der Waals surface area contributed by atoms with E-state index in [4.69, 9.17) is 14.7 Å². The number of benzene rings is 2. The molecule has 0 amide bonds. The van der Waals surface area contributed by atoms with Crippen molar-refractivity contribution in [2.45, 2.75) is 101 Å². The minimum Gasteiger partial charge on any atom is -0.461 e. The number of halogens is 2. The SMILES string of the molecule is CCc1c(F)ccc2cccc(N3CCc4c(nc(OC[C@@]56CCCN5C[C@H](F)C6)nc4C4C[C@H]5CC[C@@H](C4)N5)C3)c12. The van der Waals surface area contributed by atoms with Crippen molar-refractivity contribution in [3.05, 3.63) is 58.7 Å². The summed E-state index contributed by atoms with van der Waals surface area (Å²) < 4.78 is 35.8. The van der Waals surface area contributed by atoms with Crippen LogP contribution in [0.5, 0.6) is 6.01 Å². The molecule has 1 N–H and O–H groups in total. The van der Waals surface area contributed by atoms with Gasteiger partial charge in [-0.3, -0.25) is 4.90 Å². The summed E-state index contributed by atoms with van der Waals surface area (Å²) in [6.07, 6.45) is 8.00. The molecule has 1 unspecified atom stereocenters. The van der Waals surface area contributed by atoms with E-state index in [-0.39, 0.29) is 11.4 Å². The Morgan fingerprint density at radius 3 is 2.79 bits per heavy atom. The molecule has 3 aromatic rings. The van der Waals surface area contributed by atoms with Gasteiger partial charge < -0.3 is 15.0 Å². The van der Waals surface area contributed by atoms with Gasteiger partial charge in [-0.25, -0.2) is 8.78 Å². The molecule has 222 valence electrons. The normalized spacial score (nSPS) is 30.6. The predicted octanol–water partition coefficient (Wildman–Crippen LogP) is 5.85. The number of nitrogens with zero attached hydrogens (tertiary/aromatic N) is 4. The third-order valence-corrected chi connectivity index (χ3v) is 10.9. The first-order valence-electron chi connectivity index (χ1n) is 16.1. The standard InChI is InChI=1S/C34H41F2N5O/c1-2-26-28(36)10-7-21-5-3-6-30(31(21)26)40-14-11-27-29(19-40)38-33(39-32(27)22-15-24-8-9-25(16-22)37-24)42-20-34-12-4-13-41(34)18-23(35)17-34/h3,5-7,10,22-25,37H,2,4,8-9,11-20H2,1H3/t22?,23-,24-,25+,34+/m1/s1. The fourth-order valence-corrected chi connectivity index (χ4v) is 8.99. The van der Waals surface area contributed by atoms with Gasteiger partial charge in [-0.1, -0.05) is 25.1 Å². The van der Waals surface area contributed by atoms with Gasteiger partial charge in [0, 0.05) is 48.6 Å². The van der Waals surface area contributed by atoms with Gasteiger partial charge in [0.2, 0.25) is 0 Å². The summed E-state index contributed by atoms with van der Waals surface area (Å²) in [5, 5.41) is 5.85. The molecule has 4 fully saturated rings. The van der Waals surface area contributed by atoms with Crippen molar-refractivity contribution in [3.63, 3.8) is 0 Å². The van der Waals surface area contributed by atoms with Gasteiger partial charge in [-0.2, -0.15) is 9.97 Å². The molecule has 42 heavy (non-hydrogen) atoms. The van der Waals surface area contributed by atoms with Crippen molar-refractivity contribution >= 4 is 16.5 Å². The molecule has 5 aliphatic heterocycles. The Hall–Kier alpha value is -2.84. The second-order valence-electron chi connectivity index (χ2n) is 13.4. The number of ether oxygens (including phenoxy) is 1. The first-order valence-corrected chi connectivity index (χ1v) is 16.1. The topological polar surface area (TPSA) is 53.5 Å². The molecule has 5 aliphatic rings. The van der Waals surface area contributed by atoms with Crippen LogP contribution in [-0.2, 0) is 19.4 Å². The summed E-state index contributed by atoms with van der Waals surface area (Å²) in [6, 6.07) is 11.3. The average Bonchev–Trinajstić information content (AvgIpc) is 3.65. The maximum absolute atomic E-state index is 14.9. The third kappa shape index (κ3) is 4.48. The number of nitrogens with one attached hydrogen (secondary N) is 1. The molecule has 6 nitrogen and oxygen atoms in total. The molecule has 8 rings (SSSR count). The van der Waals surface area contributed by atoms with Crippen LogP contribution in [0.25, 0.3) is 10.8 Å². The number of alkyl halides is 1. The van der Waals surface area contributed by atoms with Crippen LogP contribution in [0.2, 0.25) is 0 Å². The zero-order valence-corrected chi connectivity index (χ0v) is 24.5. The smallest absolute Gasteiger partial charge is 0.316 e. The second-order valence-corrected chi connectivity index (χ2v) is 13.4. The van der Waals surface area contributed by atoms with E-state index in [1.165, 1.54) is 24.1 Å². The molecule has 0 aliphatic carbocycles. The van der Waals surface area contributed by atoms with Gasteiger partial charge in [0.1, 0.15) is 18.6 Å². The lowest BCUT2D eigenvalue weighted by molar-refractivity contribution is 0.106. The highest BCUT2D eigenvalue weighted by atomic mass is 19.1. The molecular weight excluding hydrogens is 532 g/mol. The minimum atomic E-state index is -0.786. The predicted molar refractivity (Wildman–Crippen MR) is 161 cm³/mol. The highest BCUT2D eigenvalue weighted by molar-refractivity contribution is 5.97. The van der Waals surface area contributed by atoms with E-state index in [2.05, 4.69) is 33.3 Å². The Bertz CT molecular complexity index is 1500. The monoisotopic (exact) mass is 573 g/mol. The highest BCUT2D eigenvalue weighted by Crippen LogP contribution is 2.43. The number of piperidine rings is 1. The first kappa shape index (κ1) is 26.8. The van der Waals surface area contributed by atoms with Gasteiger partial charge >= 0.3 is 6.01 Å². The van der Waals surface area contributed by atoms with Gasteiger partial charge in [-0.15, -0.1) is 0 Å². The van der Waals surface area contributed by atoms with E-state index in [1.54, 1.807) is 6.07 Å². The van der Waals surface area contributed by atoms with Crippen LogP contribution in [0.15, 0.2) is 30.3 Å². The Labute approximate surface area is 246 Å². The Morgan fingerprint density at radius 1 is 1.10 bits per heavy atom. The van der Waals surface area contributed by atoms with E-state index < -0.39 is 6.17 Å². The Kier molecular flexibility index (Phi) is 6.63. The van der Waals surface area contributed by atoms with Crippen molar-refractivity contribution in [2.24, 2.45) is 0 Å². The van der Waals surface area contributed by atoms with Crippen LogP contribution in [0.3, 0.4) is 0 Å². The zero-order chi connectivity index (χ0) is 28.4. The van der Waals surface area contributed by atoms with Crippen molar-refractivity contribution in [3.8, 4) is 6.01 Å². The second kappa shape index (κ2) is 10.4. The van der Waals surface area contributed by atoms with Crippen molar-refractivity contribution in [1.82, 2.24) is 20.2 Å². The number of hydrogen-bond donors (Lipinski definition) is 1. The molecule has 0 saturated carbocycles. The van der Waals surface area contributed by atoms with E-state index in [0.29, 0.717) is 56.6 Å². The molecule has 1 aromatic heterocycles. The van der Waals surface area contributed by atoms with E-state index >= 15 is 0 Å². The van der Waals surface area contributed by atoms with E-state index in [1.807, 2.05) is 13.0 Å². The van der Waals surface area contributed by atoms with Crippen molar-refractivity contribution in [1.29, 1.82) is 0 Å². The molecule has 6 heterocycles. The Balaban J connectivity index is 1.15. The number of aromatic nitrogens is 2. The molecule has 4 saturated heterocycles. The van der Waals surface area contributed by atoms with E-state index in [9.17, 15) is 8.78 Å². The number of rotatable bonds is 6. The molecule has 0 spiro atoms. The molecule has 0 radical (unpaired) electrons. The van der Waals surface area contributed by atoms with Gasteiger partial charge in [-0.05, 0) is 86.6 Å². The molecule has 2 bridgehead atoms. The van der Waals surface area contributed by atoms with Gasteiger partial charge in [0.15, 0.2) is 0 Å². The molecule has 2 aromatic carbocycles. The lowest BCUT2D eigenvalue weighted by Gasteiger charge is -2.35. The summed E-state index contributed by atoms with van der Waals surface area (Å²) >= 11 is 0. The lowest BCUT2D eigenvalue weighted by Crippen LogP contribution is -2.43. The third-order valence-electron chi connectivity index (χ3n) is 10.9. The highest BCUT2D eigenvalue weighted by Gasteiger charge is 2.49. The molecular formula is C34H41F2N5O. The maximum Gasteiger partial charge on any atom is 0.316 e. The number of anilines is 1. The van der Waals surface area contributed by atoms with Crippen molar-refractivity contribution in [2.75, 3.05) is 31.1 Å². The quantitative estimate of drug-likeness (QED) is 0.400. The largest absolute Gasteiger partial charge is 0.461 e. The van der Waals surface area contributed by atoms with Crippen LogP contribution in [0.1, 0.15) is 80.3 Å². The zero-order valence-electron chi connectivity index (χ0n) is 24.5. The summed E-state index contributed by atoms with van der Waals surface area (Å²) in [7, 11) is 0. The van der Waals surface area contributed by atoms with Crippen LogP contribution in [0.4, 0.5) is 14.5 Å². The fourth-order valence-electron chi connectivity index (χ4n) is 8.99. The summed E-state index contributed by atoms with van der Waals surface area (Å²) in [4.78, 5) is 14.8. The number of hydrogen-bond acceptors (Lipinski definition) is 6. The molecule has 5 atom stereocenters. The lowest BCUT2D eigenvalue weighted by atomic mass is 9.85. The average molecular weight is 574 g/mol. The van der Waals surface area contributed by atoms with Crippen LogP contribution in [0, 0.1) is 5.82 Å². The van der Waals surface area contributed by atoms with Gasteiger partial charge in [0.25, 0.3) is 0 Å². The molecule has 8 heteroatoms. The van der Waals surface area contributed by atoms with Crippen LogP contribution >= 0.6 is 0 Å². The van der Waals surface area contributed by atoms with Crippen molar-refractivity contribution < 1.29 is 13.5 Å².